The van der Waals surface area contributed by atoms with Crippen molar-refractivity contribution in [2.24, 2.45) is 0 Å². The highest BCUT2D eigenvalue weighted by Crippen LogP contribution is 2.25. The molecular formula is C9H10N2O2. The van der Waals surface area contributed by atoms with Gasteiger partial charge in [0.2, 0.25) is 0 Å². The Balaban J connectivity index is 2.40. The highest BCUT2D eigenvalue weighted by molar-refractivity contribution is 5.41. The number of hydrogen-bond acceptors (Lipinski definition) is 3. The average Bonchev–Trinajstić information content (AvgIpc) is 2.42. The lowest BCUT2D eigenvalue weighted by atomic mass is 10.1. The van der Waals surface area contributed by atoms with Crippen LogP contribution in [0.3, 0.4) is 0 Å². The van der Waals surface area contributed by atoms with Crippen LogP contribution >= 0.6 is 0 Å². The first kappa shape index (κ1) is 8.19. The van der Waals surface area contributed by atoms with Gasteiger partial charge in [-0.1, -0.05) is 6.07 Å². The summed E-state index contributed by atoms with van der Waals surface area (Å²) in [7, 11) is 2.01. The Kier molecular flexibility index (Phi) is 1.77. The Bertz CT molecular complexity index is 363. The molecule has 13 heavy (non-hydrogen) atoms. The molecule has 0 aromatic heterocycles. The zero-order valence-corrected chi connectivity index (χ0v) is 7.36. The van der Waals surface area contributed by atoms with Crippen LogP contribution < -0.4 is 0 Å². The van der Waals surface area contributed by atoms with E-state index in [0.29, 0.717) is 0 Å². The molecular weight excluding hydrogens is 168 g/mol. The van der Waals surface area contributed by atoms with Crippen LogP contribution in [0.15, 0.2) is 18.2 Å². The summed E-state index contributed by atoms with van der Waals surface area (Å²) in [6.45, 7) is 1.71. The van der Waals surface area contributed by atoms with Crippen molar-refractivity contribution in [2.75, 3.05) is 7.05 Å². The number of nitro groups is 1. The summed E-state index contributed by atoms with van der Waals surface area (Å²) < 4.78 is 0. The summed E-state index contributed by atoms with van der Waals surface area (Å²) in [4.78, 5) is 12.3. The summed E-state index contributed by atoms with van der Waals surface area (Å²) in [5.74, 6) is 0. The van der Waals surface area contributed by atoms with Gasteiger partial charge in [-0.15, -0.1) is 0 Å². The molecule has 0 saturated carbocycles. The number of non-ortho nitro benzene ring substituents is 1. The molecule has 0 bridgehead atoms. The lowest BCUT2D eigenvalue weighted by molar-refractivity contribution is -0.384. The largest absolute Gasteiger partial charge is 0.298 e. The SMILES string of the molecule is CN1Cc2ccc([N+](=O)[O-])cc2C1. The summed E-state index contributed by atoms with van der Waals surface area (Å²) in [5, 5.41) is 10.5. The molecule has 1 aromatic carbocycles. The highest BCUT2D eigenvalue weighted by atomic mass is 16.6. The van der Waals surface area contributed by atoms with Gasteiger partial charge in [0.05, 0.1) is 4.92 Å². The minimum atomic E-state index is -0.349. The van der Waals surface area contributed by atoms with Crippen molar-refractivity contribution < 1.29 is 4.92 Å². The van der Waals surface area contributed by atoms with E-state index < -0.39 is 0 Å². The molecule has 0 aliphatic carbocycles. The third-order valence-electron chi connectivity index (χ3n) is 2.28. The van der Waals surface area contributed by atoms with Crippen LogP contribution in [-0.4, -0.2) is 16.9 Å². The second-order valence-corrected chi connectivity index (χ2v) is 3.38. The van der Waals surface area contributed by atoms with Crippen LogP contribution in [0.5, 0.6) is 0 Å². The van der Waals surface area contributed by atoms with E-state index in [-0.39, 0.29) is 10.6 Å². The van der Waals surface area contributed by atoms with Crippen LogP contribution in [0.4, 0.5) is 5.69 Å². The van der Waals surface area contributed by atoms with Gasteiger partial charge in [0.15, 0.2) is 0 Å². The highest BCUT2D eigenvalue weighted by Gasteiger charge is 2.18. The van der Waals surface area contributed by atoms with Crippen molar-refractivity contribution in [3.05, 3.63) is 39.4 Å². The van der Waals surface area contributed by atoms with Crippen LogP contribution in [0.25, 0.3) is 0 Å². The Morgan fingerprint density at radius 1 is 1.38 bits per heavy atom. The van der Waals surface area contributed by atoms with E-state index in [1.165, 1.54) is 5.56 Å². The van der Waals surface area contributed by atoms with Crippen molar-refractivity contribution in [3.63, 3.8) is 0 Å². The number of rotatable bonds is 1. The van der Waals surface area contributed by atoms with Gasteiger partial charge in [0.25, 0.3) is 5.69 Å². The molecule has 0 saturated heterocycles. The Hall–Kier alpha value is -1.42. The molecule has 0 fully saturated rings. The number of fused-ring (bicyclic) bond motifs is 1. The van der Waals surface area contributed by atoms with Crippen molar-refractivity contribution >= 4 is 5.69 Å². The van der Waals surface area contributed by atoms with E-state index in [0.717, 1.165) is 18.7 Å². The summed E-state index contributed by atoms with van der Waals surface area (Å²) in [5.41, 5.74) is 2.47. The number of benzene rings is 1. The molecule has 68 valence electrons. The zero-order chi connectivity index (χ0) is 9.42. The fourth-order valence-electron chi connectivity index (χ4n) is 1.66. The minimum absolute atomic E-state index is 0.189. The first-order valence-electron chi connectivity index (χ1n) is 4.11. The predicted octanol–water partition coefficient (Wildman–Crippen LogP) is 1.54. The lowest BCUT2D eigenvalue weighted by Gasteiger charge is -2.02. The molecule has 0 amide bonds. The van der Waals surface area contributed by atoms with E-state index in [1.54, 1.807) is 12.1 Å². The molecule has 4 nitrogen and oxygen atoms in total. The van der Waals surface area contributed by atoms with Gasteiger partial charge in [-0.05, 0) is 18.2 Å². The maximum Gasteiger partial charge on any atom is 0.269 e. The quantitative estimate of drug-likeness (QED) is 0.484. The molecule has 4 heteroatoms. The molecule has 1 aromatic rings. The first-order valence-corrected chi connectivity index (χ1v) is 4.11. The molecule has 0 unspecified atom stereocenters. The number of hydrogen-bond donors (Lipinski definition) is 0. The van der Waals surface area contributed by atoms with Gasteiger partial charge in [-0.2, -0.15) is 0 Å². The van der Waals surface area contributed by atoms with E-state index in [2.05, 4.69) is 4.90 Å². The second-order valence-electron chi connectivity index (χ2n) is 3.38. The van der Waals surface area contributed by atoms with E-state index >= 15 is 0 Å². The first-order chi connectivity index (χ1) is 6.16. The molecule has 0 radical (unpaired) electrons. The average molecular weight is 178 g/mol. The summed E-state index contributed by atoms with van der Waals surface area (Å²) >= 11 is 0. The molecule has 0 atom stereocenters. The fourth-order valence-corrected chi connectivity index (χ4v) is 1.66. The molecule has 1 aliphatic heterocycles. The van der Waals surface area contributed by atoms with Crippen molar-refractivity contribution in [2.45, 2.75) is 13.1 Å². The Morgan fingerprint density at radius 2 is 2.08 bits per heavy atom. The van der Waals surface area contributed by atoms with Gasteiger partial charge in [0.1, 0.15) is 0 Å². The van der Waals surface area contributed by atoms with Crippen LogP contribution in [0, 0.1) is 10.1 Å². The molecule has 1 aliphatic rings. The maximum atomic E-state index is 10.5. The van der Waals surface area contributed by atoms with Crippen molar-refractivity contribution in [1.29, 1.82) is 0 Å². The predicted molar refractivity (Wildman–Crippen MR) is 48.3 cm³/mol. The normalized spacial score (nSPS) is 15.8. The smallest absolute Gasteiger partial charge is 0.269 e. The van der Waals surface area contributed by atoms with Gasteiger partial charge >= 0.3 is 0 Å². The van der Waals surface area contributed by atoms with Crippen LogP contribution in [0.2, 0.25) is 0 Å². The standard InChI is InChI=1S/C9H10N2O2/c1-10-5-7-2-3-9(11(12)13)4-8(7)6-10/h2-4H,5-6H2,1H3. The van der Waals surface area contributed by atoms with Gasteiger partial charge < -0.3 is 0 Å². The Morgan fingerprint density at radius 3 is 2.77 bits per heavy atom. The molecule has 0 spiro atoms. The van der Waals surface area contributed by atoms with Gasteiger partial charge in [-0.3, -0.25) is 15.0 Å². The third-order valence-corrected chi connectivity index (χ3v) is 2.28. The van der Waals surface area contributed by atoms with Crippen LogP contribution in [-0.2, 0) is 13.1 Å². The molecule has 0 N–H and O–H groups in total. The van der Waals surface area contributed by atoms with E-state index in [4.69, 9.17) is 0 Å². The Labute approximate surface area is 75.9 Å². The van der Waals surface area contributed by atoms with E-state index in [9.17, 15) is 10.1 Å². The molecule has 1 heterocycles. The maximum absolute atomic E-state index is 10.5. The summed E-state index contributed by atoms with van der Waals surface area (Å²) in [6, 6.07) is 5.08. The van der Waals surface area contributed by atoms with Crippen molar-refractivity contribution in [1.82, 2.24) is 4.90 Å². The fraction of sp³-hybridized carbons (Fsp3) is 0.333. The monoisotopic (exact) mass is 178 g/mol. The van der Waals surface area contributed by atoms with Gasteiger partial charge in [-0.25, -0.2) is 0 Å². The van der Waals surface area contributed by atoms with Crippen molar-refractivity contribution in [3.8, 4) is 0 Å². The van der Waals surface area contributed by atoms with Crippen LogP contribution in [0.1, 0.15) is 11.1 Å². The second kappa shape index (κ2) is 2.81. The third kappa shape index (κ3) is 1.40. The topological polar surface area (TPSA) is 46.4 Å². The molecule has 2 rings (SSSR count). The zero-order valence-electron chi connectivity index (χ0n) is 7.36. The number of nitrogens with zero attached hydrogens (tertiary/aromatic N) is 2. The lowest BCUT2D eigenvalue weighted by Crippen LogP contribution is -2.07. The van der Waals surface area contributed by atoms with Gasteiger partial charge in [0, 0.05) is 25.2 Å². The minimum Gasteiger partial charge on any atom is -0.298 e. The summed E-state index contributed by atoms with van der Waals surface area (Å²) in [6.07, 6.45) is 0. The number of nitro benzene ring substituents is 1. The van der Waals surface area contributed by atoms with E-state index in [1.807, 2.05) is 13.1 Å².